The highest BCUT2D eigenvalue weighted by Gasteiger charge is 2.09. The Morgan fingerprint density at radius 3 is 2.54 bits per heavy atom. The van der Waals surface area contributed by atoms with E-state index in [2.05, 4.69) is 69.7 Å². The second-order valence-corrected chi connectivity index (χ2v) is 5.87. The van der Waals surface area contributed by atoms with Gasteiger partial charge < -0.3 is 10.3 Å². The molecule has 2 heterocycles. The third-order valence-electron chi connectivity index (χ3n) is 4.09. The molecule has 2 aromatic carbocycles. The Labute approximate surface area is 140 Å². The minimum atomic E-state index is 0.734. The normalized spacial score (nSPS) is 10.9. The second-order valence-electron chi connectivity index (χ2n) is 5.87. The smallest absolute Gasteiger partial charge is 0.143 e. The van der Waals surface area contributed by atoms with E-state index in [-0.39, 0.29) is 0 Å². The monoisotopic (exact) mass is 314 g/mol. The van der Waals surface area contributed by atoms with Gasteiger partial charge >= 0.3 is 0 Å². The largest absolute Gasteiger partial charge is 0.365 e. The number of hydrogen-bond donors (Lipinski definition) is 2. The molecule has 0 saturated heterocycles. The highest BCUT2D eigenvalue weighted by Crippen LogP contribution is 2.27. The van der Waals surface area contributed by atoms with Gasteiger partial charge in [-0.2, -0.15) is 0 Å². The number of nitrogens with zero attached hydrogens (tertiary/aromatic N) is 2. The van der Waals surface area contributed by atoms with Crippen LogP contribution in [0.25, 0.3) is 22.3 Å². The topological polar surface area (TPSA) is 53.6 Å². The number of rotatable bonds is 4. The van der Waals surface area contributed by atoms with Crippen molar-refractivity contribution >= 4 is 16.9 Å². The number of anilines is 1. The first-order valence-corrected chi connectivity index (χ1v) is 7.98. The van der Waals surface area contributed by atoms with Crippen LogP contribution >= 0.6 is 0 Å². The van der Waals surface area contributed by atoms with Crippen molar-refractivity contribution < 1.29 is 0 Å². The number of nitrogens with one attached hydrogen (secondary N) is 2. The zero-order valence-electron chi connectivity index (χ0n) is 13.5. The van der Waals surface area contributed by atoms with Gasteiger partial charge in [-0.1, -0.05) is 60.2 Å². The van der Waals surface area contributed by atoms with E-state index in [1.165, 1.54) is 11.1 Å². The summed E-state index contributed by atoms with van der Waals surface area (Å²) in [6.07, 6.45) is 1.59. The number of fused-ring (bicyclic) bond motifs is 1. The van der Waals surface area contributed by atoms with E-state index >= 15 is 0 Å². The number of hydrogen-bond acceptors (Lipinski definition) is 3. The third-order valence-corrected chi connectivity index (χ3v) is 4.09. The Bertz CT molecular complexity index is 956. The average molecular weight is 314 g/mol. The molecular weight excluding hydrogens is 296 g/mol. The molecule has 0 bridgehead atoms. The van der Waals surface area contributed by atoms with Crippen molar-refractivity contribution in [2.24, 2.45) is 0 Å². The van der Waals surface area contributed by atoms with Crippen molar-refractivity contribution in [2.45, 2.75) is 13.5 Å². The Hall–Kier alpha value is -3.14. The first kappa shape index (κ1) is 14.5. The van der Waals surface area contributed by atoms with E-state index < -0.39 is 0 Å². The molecule has 4 aromatic rings. The molecule has 0 aliphatic rings. The molecule has 118 valence electrons. The molecule has 2 aromatic heterocycles. The van der Waals surface area contributed by atoms with Gasteiger partial charge in [0, 0.05) is 12.2 Å². The van der Waals surface area contributed by atoms with Crippen molar-refractivity contribution in [3.8, 4) is 11.3 Å². The summed E-state index contributed by atoms with van der Waals surface area (Å²) in [6.45, 7) is 2.82. The number of H-pyrrole nitrogens is 1. The lowest BCUT2D eigenvalue weighted by Gasteiger charge is -2.06. The standard InChI is InChI=1S/C20H18N4/c1-14-7-9-16(10-8-14)18-11-17-19(22-13-23-20(17)24-18)21-12-15-5-3-2-4-6-15/h2-11,13H,12H2,1H3,(H2,21,22,23,24). The number of aromatic nitrogens is 3. The number of benzene rings is 2. The van der Waals surface area contributed by atoms with Gasteiger partial charge in [-0.15, -0.1) is 0 Å². The number of aryl methyl sites for hydroxylation is 1. The van der Waals surface area contributed by atoms with Crippen LogP contribution in [-0.2, 0) is 6.54 Å². The first-order chi connectivity index (χ1) is 11.8. The van der Waals surface area contributed by atoms with E-state index in [1.807, 2.05) is 18.2 Å². The van der Waals surface area contributed by atoms with E-state index in [4.69, 9.17) is 0 Å². The third kappa shape index (κ3) is 2.86. The zero-order valence-corrected chi connectivity index (χ0v) is 13.5. The van der Waals surface area contributed by atoms with Gasteiger partial charge in [-0.3, -0.25) is 0 Å². The van der Waals surface area contributed by atoms with Gasteiger partial charge in [-0.05, 0) is 24.1 Å². The summed E-state index contributed by atoms with van der Waals surface area (Å²) in [7, 11) is 0. The van der Waals surface area contributed by atoms with E-state index in [1.54, 1.807) is 6.33 Å². The molecule has 0 fully saturated rings. The molecule has 4 rings (SSSR count). The van der Waals surface area contributed by atoms with Crippen LogP contribution in [-0.4, -0.2) is 15.0 Å². The van der Waals surface area contributed by atoms with E-state index in [0.717, 1.165) is 34.7 Å². The lowest BCUT2D eigenvalue weighted by molar-refractivity contribution is 1.10. The summed E-state index contributed by atoms with van der Waals surface area (Å²) in [6, 6.07) is 20.9. The van der Waals surface area contributed by atoms with Gasteiger partial charge in [0.05, 0.1) is 5.39 Å². The minimum absolute atomic E-state index is 0.734. The molecule has 0 amide bonds. The van der Waals surface area contributed by atoms with Crippen molar-refractivity contribution in [3.63, 3.8) is 0 Å². The molecule has 2 N–H and O–H groups in total. The summed E-state index contributed by atoms with van der Waals surface area (Å²) >= 11 is 0. The fourth-order valence-electron chi connectivity index (χ4n) is 2.75. The Kier molecular flexibility index (Phi) is 3.71. The summed E-state index contributed by atoms with van der Waals surface area (Å²) in [5.74, 6) is 0.846. The van der Waals surface area contributed by atoms with Crippen LogP contribution in [0.5, 0.6) is 0 Å². The summed E-state index contributed by atoms with van der Waals surface area (Å²) in [5.41, 5.74) is 5.51. The van der Waals surface area contributed by atoms with E-state index in [0.29, 0.717) is 0 Å². The molecule has 0 aliphatic heterocycles. The fraction of sp³-hybridized carbons (Fsp3) is 0.100. The highest BCUT2D eigenvalue weighted by molar-refractivity contribution is 5.91. The van der Waals surface area contributed by atoms with Crippen molar-refractivity contribution in [1.82, 2.24) is 15.0 Å². The second kappa shape index (κ2) is 6.16. The van der Waals surface area contributed by atoms with Crippen LogP contribution in [0.1, 0.15) is 11.1 Å². The lowest BCUT2D eigenvalue weighted by Crippen LogP contribution is -2.01. The van der Waals surface area contributed by atoms with Crippen LogP contribution in [0.3, 0.4) is 0 Å². The molecule has 24 heavy (non-hydrogen) atoms. The molecular formula is C20H18N4. The van der Waals surface area contributed by atoms with Crippen LogP contribution in [0.15, 0.2) is 67.0 Å². The summed E-state index contributed by atoms with van der Waals surface area (Å²) < 4.78 is 0. The minimum Gasteiger partial charge on any atom is -0.365 e. The molecule has 0 radical (unpaired) electrons. The predicted octanol–water partition coefficient (Wildman–Crippen LogP) is 4.55. The van der Waals surface area contributed by atoms with Crippen molar-refractivity contribution in [3.05, 3.63) is 78.1 Å². The zero-order chi connectivity index (χ0) is 16.4. The first-order valence-electron chi connectivity index (χ1n) is 7.98. The van der Waals surface area contributed by atoms with Gasteiger partial charge in [0.1, 0.15) is 17.8 Å². The fourth-order valence-corrected chi connectivity index (χ4v) is 2.75. The molecule has 0 aliphatic carbocycles. The maximum absolute atomic E-state index is 4.40. The van der Waals surface area contributed by atoms with Gasteiger partial charge in [0.2, 0.25) is 0 Å². The molecule has 0 saturated carbocycles. The molecule has 4 nitrogen and oxygen atoms in total. The molecule has 0 atom stereocenters. The van der Waals surface area contributed by atoms with Crippen molar-refractivity contribution in [2.75, 3.05) is 5.32 Å². The Morgan fingerprint density at radius 2 is 1.75 bits per heavy atom. The SMILES string of the molecule is Cc1ccc(-c2cc3c(NCc4ccccc4)ncnc3[nH]2)cc1. The predicted molar refractivity (Wildman–Crippen MR) is 97.8 cm³/mol. The lowest BCUT2D eigenvalue weighted by atomic mass is 10.1. The quantitative estimate of drug-likeness (QED) is 0.581. The average Bonchev–Trinajstić information content (AvgIpc) is 3.06. The van der Waals surface area contributed by atoms with Gasteiger partial charge in [-0.25, -0.2) is 9.97 Å². The van der Waals surface area contributed by atoms with Gasteiger partial charge in [0.25, 0.3) is 0 Å². The highest BCUT2D eigenvalue weighted by atomic mass is 15.0. The van der Waals surface area contributed by atoms with Crippen molar-refractivity contribution in [1.29, 1.82) is 0 Å². The molecule has 0 spiro atoms. The van der Waals surface area contributed by atoms with Crippen LogP contribution in [0.4, 0.5) is 5.82 Å². The Balaban J connectivity index is 1.66. The van der Waals surface area contributed by atoms with E-state index in [9.17, 15) is 0 Å². The molecule has 4 heteroatoms. The van der Waals surface area contributed by atoms with Gasteiger partial charge in [0.15, 0.2) is 0 Å². The van der Waals surface area contributed by atoms with Crippen LogP contribution in [0.2, 0.25) is 0 Å². The van der Waals surface area contributed by atoms with Crippen LogP contribution in [0, 0.1) is 6.92 Å². The summed E-state index contributed by atoms with van der Waals surface area (Å²) in [4.78, 5) is 12.1. The summed E-state index contributed by atoms with van der Waals surface area (Å²) in [5, 5.41) is 4.41. The number of aromatic amines is 1. The maximum Gasteiger partial charge on any atom is 0.143 e. The Morgan fingerprint density at radius 1 is 0.958 bits per heavy atom. The maximum atomic E-state index is 4.40. The molecule has 0 unspecified atom stereocenters. The van der Waals surface area contributed by atoms with Crippen LogP contribution < -0.4 is 5.32 Å².